The number of ketones is 1. The number of primary sulfonamides is 1. The maximum absolute atomic E-state index is 15.2. The molecule has 4 aromatic rings. The summed E-state index contributed by atoms with van der Waals surface area (Å²) in [6, 6.07) is 13.1. The number of benzene rings is 3. The predicted octanol–water partition coefficient (Wildman–Crippen LogP) is 5.20. The molecule has 0 amide bonds. The lowest BCUT2D eigenvalue weighted by Crippen LogP contribution is -2.23. The number of hydrogen-bond donors (Lipinski definition) is 1. The molecule has 10 heteroatoms. The van der Waals surface area contributed by atoms with Crippen molar-refractivity contribution in [3.05, 3.63) is 94.1 Å². The van der Waals surface area contributed by atoms with Crippen molar-refractivity contribution in [2.45, 2.75) is 18.6 Å². The normalized spacial score (nSPS) is 12.6. The van der Waals surface area contributed by atoms with E-state index in [9.17, 15) is 17.6 Å². The van der Waals surface area contributed by atoms with Crippen molar-refractivity contribution in [3.63, 3.8) is 0 Å². The molecule has 0 aliphatic carbocycles. The van der Waals surface area contributed by atoms with Gasteiger partial charge in [0.05, 0.1) is 28.5 Å². The number of carbonyl (C=O) groups excluding carboxylic acids is 1. The molecule has 6 nitrogen and oxygen atoms in total. The van der Waals surface area contributed by atoms with Crippen LogP contribution in [0.4, 0.5) is 8.78 Å². The average Bonchev–Trinajstić information content (AvgIpc) is 2.80. The molecule has 3 aromatic carbocycles. The Morgan fingerprint density at radius 2 is 1.76 bits per heavy atom. The summed E-state index contributed by atoms with van der Waals surface area (Å²) in [5.41, 5.74) is 0.825. The van der Waals surface area contributed by atoms with Crippen LogP contribution in [0, 0.1) is 11.6 Å². The third-order valence-electron chi connectivity index (χ3n) is 5.41. The fourth-order valence-electron chi connectivity index (χ4n) is 3.71. The molecular weight excluding hydrogens is 484 g/mol. The van der Waals surface area contributed by atoms with Gasteiger partial charge >= 0.3 is 0 Å². The average molecular weight is 502 g/mol. The third-order valence-corrected chi connectivity index (χ3v) is 7.04. The van der Waals surface area contributed by atoms with Gasteiger partial charge in [0, 0.05) is 21.7 Å². The predicted molar refractivity (Wildman–Crippen MR) is 126 cm³/mol. The Labute approximate surface area is 199 Å². The summed E-state index contributed by atoms with van der Waals surface area (Å²) in [4.78, 5) is 21.9. The maximum atomic E-state index is 15.2. The van der Waals surface area contributed by atoms with Crippen LogP contribution in [0.2, 0.25) is 5.02 Å². The number of fused-ring (bicyclic) bond motifs is 1. The molecule has 0 fully saturated rings. The first-order valence-corrected chi connectivity index (χ1v) is 12.2. The standard InChI is InChI=1S/C24H18ClF2N3O3S/c1-2-21(34(28,32)33)16-8-9-17(26)22(23(16)27)24(31)14-5-10-18-19(11-14)30-20(12-29-18)13-3-6-15(25)7-4-13/h3-12,21H,2H2,1H3,(H2,28,32,33). The molecule has 1 atom stereocenters. The molecule has 4 rings (SSSR count). The van der Waals surface area contributed by atoms with Gasteiger partial charge < -0.3 is 0 Å². The first-order valence-electron chi connectivity index (χ1n) is 10.2. The highest BCUT2D eigenvalue weighted by Crippen LogP contribution is 2.31. The molecule has 0 radical (unpaired) electrons. The van der Waals surface area contributed by atoms with Crippen LogP contribution in [0.3, 0.4) is 0 Å². The molecule has 0 saturated carbocycles. The van der Waals surface area contributed by atoms with Gasteiger partial charge in [0.2, 0.25) is 10.0 Å². The zero-order valence-electron chi connectivity index (χ0n) is 17.8. The molecule has 0 spiro atoms. The monoisotopic (exact) mass is 501 g/mol. The Kier molecular flexibility index (Phi) is 6.44. The maximum Gasteiger partial charge on any atom is 0.216 e. The van der Waals surface area contributed by atoms with Crippen molar-refractivity contribution in [3.8, 4) is 11.3 Å². The fourth-order valence-corrected chi connectivity index (χ4v) is 4.84. The van der Waals surface area contributed by atoms with Gasteiger partial charge in [0.1, 0.15) is 16.9 Å². The number of sulfonamides is 1. The summed E-state index contributed by atoms with van der Waals surface area (Å²) in [6.45, 7) is 1.50. The second-order valence-corrected chi connectivity index (χ2v) is 9.79. The highest BCUT2D eigenvalue weighted by molar-refractivity contribution is 7.89. The van der Waals surface area contributed by atoms with E-state index < -0.39 is 38.3 Å². The number of hydrogen-bond acceptors (Lipinski definition) is 5. The second-order valence-electron chi connectivity index (χ2n) is 7.61. The Morgan fingerprint density at radius 1 is 1.06 bits per heavy atom. The SMILES string of the molecule is CCC(c1ccc(F)c(C(=O)c2ccc3ncc(-c4ccc(Cl)cc4)nc3c2)c1F)S(N)(=O)=O. The van der Waals surface area contributed by atoms with Crippen LogP contribution in [0.5, 0.6) is 0 Å². The van der Waals surface area contributed by atoms with E-state index in [-0.39, 0.29) is 17.5 Å². The minimum absolute atomic E-state index is 0.0336. The van der Waals surface area contributed by atoms with Crippen LogP contribution < -0.4 is 5.14 Å². The van der Waals surface area contributed by atoms with Crippen LogP contribution in [0.1, 0.15) is 40.1 Å². The Hall–Kier alpha value is -3.27. The van der Waals surface area contributed by atoms with Crippen molar-refractivity contribution in [2.75, 3.05) is 0 Å². The van der Waals surface area contributed by atoms with Crippen molar-refractivity contribution in [1.82, 2.24) is 9.97 Å². The van der Waals surface area contributed by atoms with E-state index in [4.69, 9.17) is 16.7 Å². The van der Waals surface area contributed by atoms with Gasteiger partial charge in [-0.15, -0.1) is 0 Å². The number of rotatable bonds is 6. The lowest BCUT2D eigenvalue weighted by atomic mass is 9.97. The molecule has 0 aliphatic heterocycles. The molecule has 0 aliphatic rings. The first kappa shape index (κ1) is 23.9. The van der Waals surface area contributed by atoms with E-state index in [2.05, 4.69) is 9.97 Å². The molecule has 0 bridgehead atoms. The minimum atomic E-state index is -4.17. The Morgan fingerprint density at radius 3 is 2.41 bits per heavy atom. The summed E-state index contributed by atoms with van der Waals surface area (Å²) < 4.78 is 53.6. The van der Waals surface area contributed by atoms with Gasteiger partial charge in [-0.2, -0.15) is 0 Å². The zero-order valence-corrected chi connectivity index (χ0v) is 19.4. The van der Waals surface area contributed by atoms with E-state index >= 15 is 4.39 Å². The van der Waals surface area contributed by atoms with Crippen LogP contribution in [0.15, 0.2) is 60.8 Å². The van der Waals surface area contributed by atoms with E-state index in [1.807, 2.05) is 0 Å². The van der Waals surface area contributed by atoms with Crippen LogP contribution in [-0.4, -0.2) is 24.2 Å². The van der Waals surface area contributed by atoms with Crippen molar-refractivity contribution in [1.29, 1.82) is 0 Å². The van der Waals surface area contributed by atoms with Crippen LogP contribution >= 0.6 is 11.6 Å². The van der Waals surface area contributed by atoms with Gasteiger partial charge in [-0.3, -0.25) is 9.78 Å². The number of carbonyl (C=O) groups is 1. The minimum Gasteiger partial charge on any atom is -0.288 e. The number of nitrogens with zero attached hydrogens (tertiary/aromatic N) is 2. The largest absolute Gasteiger partial charge is 0.288 e. The highest BCUT2D eigenvalue weighted by Gasteiger charge is 2.30. The first-order chi connectivity index (χ1) is 16.1. The van der Waals surface area contributed by atoms with Crippen LogP contribution in [0.25, 0.3) is 22.3 Å². The molecule has 1 unspecified atom stereocenters. The number of aromatic nitrogens is 2. The smallest absolute Gasteiger partial charge is 0.216 e. The summed E-state index contributed by atoms with van der Waals surface area (Å²) in [5.74, 6) is -3.33. The Bertz CT molecular complexity index is 1530. The van der Waals surface area contributed by atoms with Gasteiger partial charge in [0.15, 0.2) is 5.78 Å². The van der Waals surface area contributed by atoms with Crippen LogP contribution in [-0.2, 0) is 10.0 Å². The van der Waals surface area contributed by atoms with Crippen molar-refractivity contribution < 1.29 is 22.0 Å². The van der Waals surface area contributed by atoms with Gasteiger partial charge in [-0.05, 0) is 42.8 Å². The van der Waals surface area contributed by atoms with Gasteiger partial charge in [0.25, 0.3) is 0 Å². The fraction of sp³-hybridized carbons (Fsp3) is 0.125. The molecule has 1 aromatic heterocycles. The zero-order chi connectivity index (χ0) is 24.6. The highest BCUT2D eigenvalue weighted by atomic mass is 35.5. The molecule has 0 saturated heterocycles. The van der Waals surface area contributed by atoms with E-state index in [1.165, 1.54) is 25.1 Å². The summed E-state index contributed by atoms with van der Waals surface area (Å²) >= 11 is 5.92. The molecule has 2 N–H and O–H groups in total. The van der Waals surface area contributed by atoms with Gasteiger partial charge in [-0.25, -0.2) is 27.3 Å². The van der Waals surface area contributed by atoms with E-state index in [0.717, 1.165) is 17.7 Å². The molecular formula is C24H18ClF2N3O3S. The molecule has 174 valence electrons. The van der Waals surface area contributed by atoms with Crippen molar-refractivity contribution >= 4 is 38.4 Å². The third kappa shape index (κ3) is 4.54. The number of nitrogens with two attached hydrogens (primary N) is 1. The van der Waals surface area contributed by atoms with Crippen molar-refractivity contribution in [2.24, 2.45) is 5.14 Å². The Balaban J connectivity index is 1.79. The molecule has 1 heterocycles. The summed E-state index contributed by atoms with van der Waals surface area (Å²) in [7, 11) is -4.17. The number of halogens is 3. The van der Waals surface area contributed by atoms with Gasteiger partial charge in [-0.1, -0.05) is 36.7 Å². The summed E-state index contributed by atoms with van der Waals surface area (Å²) in [5, 5.41) is 4.35. The lowest BCUT2D eigenvalue weighted by molar-refractivity contribution is 0.103. The van der Waals surface area contributed by atoms with E-state index in [1.54, 1.807) is 30.5 Å². The quantitative estimate of drug-likeness (QED) is 0.366. The lowest BCUT2D eigenvalue weighted by Gasteiger charge is -2.16. The second kappa shape index (κ2) is 9.17. The summed E-state index contributed by atoms with van der Waals surface area (Å²) in [6.07, 6.45) is 1.52. The molecule has 34 heavy (non-hydrogen) atoms. The van der Waals surface area contributed by atoms with E-state index in [0.29, 0.717) is 21.7 Å². The topological polar surface area (TPSA) is 103 Å².